The Bertz CT molecular complexity index is 551. The summed E-state index contributed by atoms with van der Waals surface area (Å²) >= 11 is 2.87. The van der Waals surface area contributed by atoms with E-state index < -0.39 is 9.84 Å². The summed E-state index contributed by atoms with van der Waals surface area (Å²) in [4.78, 5) is 7.65. The predicted molar refractivity (Wildman–Crippen MR) is 63.1 cm³/mol. The summed E-state index contributed by atoms with van der Waals surface area (Å²) in [5.74, 6) is 0.515. The van der Waals surface area contributed by atoms with E-state index in [0.717, 1.165) is 0 Å². The number of ether oxygens (including phenoxy) is 1. The Balaban J connectivity index is 2.05. The fourth-order valence-electron chi connectivity index (χ4n) is 1.07. The van der Waals surface area contributed by atoms with E-state index in [1.807, 2.05) is 0 Å². The average molecular weight is 303 g/mol. The Morgan fingerprint density at radius 3 is 2.81 bits per heavy atom. The van der Waals surface area contributed by atoms with E-state index >= 15 is 0 Å². The lowest BCUT2D eigenvalue weighted by atomic mass is 10.5. The molecule has 0 fully saturated rings. The van der Waals surface area contributed by atoms with Crippen LogP contribution in [0.5, 0.6) is 5.75 Å². The lowest BCUT2D eigenvalue weighted by Crippen LogP contribution is -2.13. The molecule has 2 rings (SSSR count). The minimum absolute atomic E-state index is 0.0490. The van der Waals surface area contributed by atoms with Gasteiger partial charge in [0.1, 0.15) is 17.3 Å². The van der Waals surface area contributed by atoms with Gasteiger partial charge in [-0.2, -0.15) is 0 Å². The monoisotopic (exact) mass is 302 g/mol. The molecule has 0 saturated carbocycles. The molecule has 2 heterocycles. The summed E-state index contributed by atoms with van der Waals surface area (Å²) < 4.78 is 28.3. The number of halogens is 1. The fraction of sp³-hybridized carbons (Fsp3) is 0.111. The van der Waals surface area contributed by atoms with Crippen LogP contribution < -0.4 is 4.74 Å². The van der Waals surface area contributed by atoms with Crippen molar-refractivity contribution in [3.05, 3.63) is 35.6 Å². The molecule has 0 amide bonds. The van der Waals surface area contributed by atoms with E-state index in [-0.39, 0.29) is 15.5 Å². The molecule has 0 atom stereocenters. The third-order valence-corrected chi connectivity index (χ3v) is 4.84. The molecule has 84 valence electrons. The van der Waals surface area contributed by atoms with Gasteiger partial charge >= 0.3 is 0 Å². The van der Waals surface area contributed by atoms with Crippen LogP contribution in [-0.2, 0) is 9.84 Å². The van der Waals surface area contributed by atoms with Crippen molar-refractivity contribution in [2.45, 2.75) is 0 Å². The molecule has 5 nitrogen and oxygen atoms in total. The first-order valence-corrected chi connectivity index (χ1v) is 6.58. The number of aliphatic imine (C=N–C) groups is 1. The van der Waals surface area contributed by atoms with Crippen molar-refractivity contribution < 1.29 is 13.2 Å². The van der Waals surface area contributed by atoms with Crippen molar-refractivity contribution >= 4 is 29.7 Å². The molecule has 1 aliphatic heterocycles. The molecule has 1 aromatic heterocycles. The molecule has 1 aliphatic rings. The Hall–Kier alpha value is -1.21. The standard InChI is InChI=1S/C9H7BrN2O3S/c10-9-12-5-8(16(9,13)14)6-15-7-2-1-3-11-4-7/h1-5H,6H2. The highest BCUT2D eigenvalue weighted by Gasteiger charge is 2.27. The molecule has 1 aromatic rings. The van der Waals surface area contributed by atoms with Crippen LogP contribution in [0.2, 0.25) is 0 Å². The van der Waals surface area contributed by atoms with Gasteiger partial charge in [0, 0.05) is 12.4 Å². The lowest BCUT2D eigenvalue weighted by molar-refractivity contribution is 0.356. The maximum absolute atomic E-state index is 11.6. The van der Waals surface area contributed by atoms with Crippen LogP contribution in [0.15, 0.2) is 40.6 Å². The molecule has 7 heteroatoms. The first-order valence-electron chi connectivity index (χ1n) is 4.31. The van der Waals surface area contributed by atoms with Crippen molar-refractivity contribution in [3.63, 3.8) is 0 Å². The van der Waals surface area contributed by atoms with Gasteiger partial charge in [0.25, 0.3) is 0 Å². The van der Waals surface area contributed by atoms with Crippen molar-refractivity contribution in [1.82, 2.24) is 4.98 Å². The van der Waals surface area contributed by atoms with Gasteiger partial charge in [0.2, 0.25) is 13.8 Å². The van der Waals surface area contributed by atoms with Crippen molar-refractivity contribution in [2.75, 3.05) is 6.61 Å². The summed E-state index contributed by atoms with van der Waals surface area (Å²) in [6, 6.07) is 3.41. The van der Waals surface area contributed by atoms with Crippen molar-refractivity contribution in [1.29, 1.82) is 0 Å². The zero-order valence-corrected chi connectivity index (χ0v) is 10.4. The zero-order chi connectivity index (χ0) is 11.6. The topological polar surface area (TPSA) is 68.6 Å². The number of hydrogen-bond donors (Lipinski definition) is 0. The highest BCUT2D eigenvalue weighted by Crippen LogP contribution is 2.21. The van der Waals surface area contributed by atoms with Crippen LogP contribution in [0.25, 0.3) is 0 Å². The normalized spacial score (nSPS) is 17.8. The summed E-state index contributed by atoms with van der Waals surface area (Å²) in [6.07, 6.45) is 4.39. The zero-order valence-electron chi connectivity index (χ0n) is 8.00. The quantitative estimate of drug-likeness (QED) is 0.848. The number of sulfone groups is 1. The van der Waals surface area contributed by atoms with Crippen molar-refractivity contribution in [3.8, 4) is 5.75 Å². The Labute approximate surface area is 101 Å². The van der Waals surface area contributed by atoms with Crippen LogP contribution in [0.4, 0.5) is 0 Å². The molecule has 0 unspecified atom stereocenters. The van der Waals surface area contributed by atoms with Crippen LogP contribution in [-0.4, -0.2) is 24.0 Å². The molecule has 0 bridgehead atoms. The van der Waals surface area contributed by atoms with E-state index in [2.05, 4.69) is 25.9 Å². The fourth-order valence-corrected chi connectivity index (χ4v) is 2.61. The first kappa shape index (κ1) is 11.3. The van der Waals surface area contributed by atoms with Gasteiger partial charge in [-0.3, -0.25) is 4.98 Å². The molecular weight excluding hydrogens is 296 g/mol. The smallest absolute Gasteiger partial charge is 0.231 e. The highest BCUT2D eigenvalue weighted by molar-refractivity contribution is 9.21. The van der Waals surface area contributed by atoms with Crippen molar-refractivity contribution in [2.24, 2.45) is 4.99 Å². The third kappa shape index (κ3) is 2.14. The lowest BCUT2D eigenvalue weighted by Gasteiger charge is -2.05. The second kappa shape index (κ2) is 4.34. The van der Waals surface area contributed by atoms with Crippen LogP contribution >= 0.6 is 15.9 Å². The van der Waals surface area contributed by atoms with Gasteiger partial charge in [0.15, 0.2) is 0 Å². The van der Waals surface area contributed by atoms with Gasteiger partial charge in [-0.05, 0) is 28.1 Å². The summed E-state index contributed by atoms with van der Waals surface area (Å²) in [5, 5.41) is 0. The van der Waals surface area contributed by atoms with Gasteiger partial charge in [0.05, 0.1) is 6.20 Å². The minimum Gasteiger partial charge on any atom is -0.486 e. The van der Waals surface area contributed by atoms with E-state index in [0.29, 0.717) is 5.75 Å². The molecule has 16 heavy (non-hydrogen) atoms. The van der Waals surface area contributed by atoms with Gasteiger partial charge in [-0.25, -0.2) is 13.4 Å². The van der Waals surface area contributed by atoms with E-state index in [4.69, 9.17) is 4.74 Å². The van der Waals surface area contributed by atoms with Gasteiger partial charge in [-0.1, -0.05) is 0 Å². The Kier molecular flexibility index (Phi) is 3.06. The molecular formula is C9H7BrN2O3S. The molecule has 0 aromatic carbocycles. The van der Waals surface area contributed by atoms with Crippen LogP contribution in [0, 0.1) is 0 Å². The number of hydrogen-bond acceptors (Lipinski definition) is 5. The van der Waals surface area contributed by atoms with Gasteiger partial charge < -0.3 is 4.74 Å². The molecule has 0 spiro atoms. The second-order valence-corrected chi connectivity index (χ2v) is 6.15. The second-order valence-electron chi connectivity index (χ2n) is 2.96. The van der Waals surface area contributed by atoms with Crippen LogP contribution in [0.3, 0.4) is 0 Å². The SMILES string of the molecule is O=S1(=O)C(COc2cccnc2)=CN=C1Br. The maximum atomic E-state index is 11.6. The highest BCUT2D eigenvalue weighted by atomic mass is 79.9. The number of rotatable bonds is 3. The van der Waals surface area contributed by atoms with Crippen LogP contribution in [0.1, 0.15) is 0 Å². The average Bonchev–Trinajstić information content (AvgIpc) is 2.53. The van der Waals surface area contributed by atoms with Gasteiger partial charge in [-0.15, -0.1) is 0 Å². The Morgan fingerprint density at radius 1 is 1.44 bits per heavy atom. The predicted octanol–water partition coefficient (Wildman–Crippen LogP) is 1.48. The molecule has 0 N–H and O–H groups in total. The van der Waals surface area contributed by atoms with E-state index in [1.165, 1.54) is 12.4 Å². The molecule has 0 saturated heterocycles. The molecule has 0 aliphatic carbocycles. The summed E-state index contributed by atoms with van der Waals surface area (Å²) in [7, 11) is -3.45. The maximum Gasteiger partial charge on any atom is 0.231 e. The largest absolute Gasteiger partial charge is 0.486 e. The molecule has 0 radical (unpaired) electrons. The summed E-state index contributed by atoms with van der Waals surface area (Å²) in [6.45, 7) is -0.0490. The summed E-state index contributed by atoms with van der Waals surface area (Å²) in [5.41, 5.74) is 0. The number of aromatic nitrogens is 1. The van der Waals surface area contributed by atoms with E-state index in [1.54, 1.807) is 18.3 Å². The third-order valence-electron chi connectivity index (χ3n) is 1.89. The number of pyridine rings is 1. The minimum atomic E-state index is -3.45. The first-order chi connectivity index (χ1) is 7.60. The Morgan fingerprint density at radius 2 is 2.25 bits per heavy atom. The number of nitrogens with zero attached hydrogens (tertiary/aromatic N) is 2. The van der Waals surface area contributed by atoms with E-state index in [9.17, 15) is 8.42 Å².